The van der Waals surface area contributed by atoms with Gasteiger partial charge < -0.3 is 9.64 Å². The summed E-state index contributed by atoms with van der Waals surface area (Å²) in [5, 5.41) is 0. The summed E-state index contributed by atoms with van der Waals surface area (Å²) in [6.45, 7) is 4.97. The van der Waals surface area contributed by atoms with Crippen molar-refractivity contribution in [2.75, 3.05) is 18.1 Å². The van der Waals surface area contributed by atoms with Crippen LogP contribution in [0.4, 0.5) is 5.69 Å². The molecule has 31 heavy (non-hydrogen) atoms. The third-order valence-corrected chi connectivity index (χ3v) is 6.35. The summed E-state index contributed by atoms with van der Waals surface area (Å²) in [7, 11) is 0. The summed E-state index contributed by atoms with van der Waals surface area (Å²) in [6, 6.07) is 23.9. The van der Waals surface area contributed by atoms with Crippen LogP contribution >= 0.6 is 0 Å². The Bertz CT molecular complexity index is 1080. The molecule has 2 unspecified atom stereocenters. The van der Waals surface area contributed by atoms with Gasteiger partial charge in [0.25, 0.3) is 5.91 Å². The molecule has 1 amide bonds. The molecular weight excluding hydrogens is 384 g/mol. The predicted octanol–water partition coefficient (Wildman–Crippen LogP) is 5.59. The van der Waals surface area contributed by atoms with Gasteiger partial charge in [-0.05, 0) is 47.9 Å². The zero-order valence-electron chi connectivity index (χ0n) is 18.0. The van der Waals surface area contributed by atoms with Gasteiger partial charge in [-0.3, -0.25) is 4.79 Å². The molecular formula is C27H27N2O2. The number of anilines is 1. The van der Waals surface area contributed by atoms with Crippen molar-refractivity contribution in [3.05, 3.63) is 78.0 Å². The maximum atomic E-state index is 12.6. The number of fused-ring (bicyclic) bond motifs is 1. The van der Waals surface area contributed by atoms with Crippen LogP contribution in [0.15, 0.2) is 60.7 Å². The van der Waals surface area contributed by atoms with E-state index in [4.69, 9.17) is 9.72 Å². The van der Waals surface area contributed by atoms with Gasteiger partial charge in [0.1, 0.15) is 5.69 Å². The second kappa shape index (κ2) is 8.18. The third kappa shape index (κ3) is 3.71. The van der Waals surface area contributed by atoms with E-state index >= 15 is 0 Å². The molecule has 5 rings (SSSR count). The van der Waals surface area contributed by atoms with Gasteiger partial charge in [-0.1, -0.05) is 68.4 Å². The van der Waals surface area contributed by atoms with Crippen molar-refractivity contribution in [1.82, 2.24) is 4.98 Å². The minimum absolute atomic E-state index is 0.00295. The molecule has 2 aliphatic rings. The van der Waals surface area contributed by atoms with Gasteiger partial charge in [0.2, 0.25) is 5.88 Å². The number of carbonyl (C=O) groups excluding carboxylic acids is 1. The molecule has 2 aromatic carbocycles. The standard InChI is InChI=1S/C27H27N2O2/c1-18(2)16-29-24-15-23(20-11-7-4-8-12-20)26(28-27(24)31-17-25(29)30)22-14-13-21(22)19-9-5-3-6-10-19/h4-12,15,18,21-22H,13-14,16-17H2,1-2H3. The zero-order valence-corrected chi connectivity index (χ0v) is 18.0. The molecule has 1 radical (unpaired) electrons. The van der Waals surface area contributed by atoms with E-state index in [9.17, 15) is 4.79 Å². The summed E-state index contributed by atoms with van der Waals surface area (Å²) in [5.41, 5.74) is 5.43. The smallest absolute Gasteiger partial charge is 0.265 e. The summed E-state index contributed by atoms with van der Waals surface area (Å²) in [5.74, 6) is 1.72. The molecule has 1 aliphatic carbocycles. The lowest BCUT2D eigenvalue weighted by Gasteiger charge is -2.39. The highest BCUT2D eigenvalue weighted by atomic mass is 16.5. The zero-order chi connectivity index (χ0) is 21.4. The fourth-order valence-corrected chi connectivity index (χ4v) is 4.71. The molecule has 157 valence electrons. The van der Waals surface area contributed by atoms with E-state index in [0.717, 1.165) is 35.3 Å². The Hall–Kier alpha value is -3.14. The number of nitrogens with zero attached hydrogens (tertiary/aromatic N) is 2. The van der Waals surface area contributed by atoms with Crippen LogP contribution in [0.1, 0.15) is 49.8 Å². The van der Waals surface area contributed by atoms with Gasteiger partial charge in [0.05, 0.1) is 5.69 Å². The highest BCUT2D eigenvalue weighted by Crippen LogP contribution is 2.52. The van der Waals surface area contributed by atoms with Gasteiger partial charge in [0, 0.05) is 18.0 Å². The first-order chi connectivity index (χ1) is 15.1. The molecule has 3 aromatic rings. The SMILES string of the molecule is CC(C)CN1C(=O)COc2nc(C3CCC3c3cc[c]cc3)c(-c3ccccc3)cc21. The lowest BCUT2D eigenvalue weighted by molar-refractivity contribution is -0.121. The van der Waals surface area contributed by atoms with Crippen LogP contribution in [0, 0.1) is 12.0 Å². The molecule has 4 heteroatoms. The summed E-state index contributed by atoms with van der Waals surface area (Å²) >= 11 is 0. The van der Waals surface area contributed by atoms with E-state index in [1.54, 1.807) is 0 Å². The largest absolute Gasteiger partial charge is 0.466 e. The molecule has 0 spiro atoms. The molecule has 1 fully saturated rings. The van der Waals surface area contributed by atoms with E-state index in [2.05, 4.69) is 62.4 Å². The monoisotopic (exact) mass is 411 g/mol. The van der Waals surface area contributed by atoms with Gasteiger partial charge >= 0.3 is 0 Å². The number of carbonyl (C=O) groups is 1. The summed E-state index contributed by atoms with van der Waals surface area (Å²) < 4.78 is 5.83. The molecule has 2 heterocycles. The van der Waals surface area contributed by atoms with E-state index < -0.39 is 0 Å². The van der Waals surface area contributed by atoms with Gasteiger partial charge in [-0.2, -0.15) is 0 Å². The van der Waals surface area contributed by atoms with Crippen LogP contribution in [0.3, 0.4) is 0 Å². The predicted molar refractivity (Wildman–Crippen MR) is 122 cm³/mol. The normalized spacial score (nSPS) is 20.2. The Morgan fingerprint density at radius 3 is 2.52 bits per heavy atom. The van der Waals surface area contributed by atoms with Crippen molar-refractivity contribution in [2.45, 2.75) is 38.5 Å². The van der Waals surface area contributed by atoms with E-state index in [1.807, 2.05) is 23.1 Å². The van der Waals surface area contributed by atoms with Crippen LogP contribution in [-0.2, 0) is 4.79 Å². The first-order valence-corrected chi connectivity index (χ1v) is 11.1. The average Bonchev–Trinajstić information content (AvgIpc) is 2.76. The molecule has 0 saturated heterocycles. The highest BCUT2D eigenvalue weighted by molar-refractivity contribution is 5.98. The number of amides is 1. The molecule has 1 aromatic heterocycles. The number of hydrogen-bond acceptors (Lipinski definition) is 3. The second-order valence-corrected chi connectivity index (χ2v) is 8.92. The molecule has 4 nitrogen and oxygen atoms in total. The van der Waals surface area contributed by atoms with E-state index in [1.165, 1.54) is 5.56 Å². The highest BCUT2D eigenvalue weighted by Gasteiger charge is 2.38. The van der Waals surface area contributed by atoms with Crippen LogP contribution in [0.5, 0.6) is 5.88 Å². The maximum absolute atomic E-state index is 12.6. The second-order valence-electron chi connectivity index (χ2n) is 8.92. The van der Waals surface area contributed by atoms with E-state index in [-0.39, 0.29) is 12.5 Å². The van der Waals surface area contributed by atoms with Gasteiger partial charge in [-0.15, -0.1) is 0 Å². The van der Waals surface area contributed by atoms with Crippen molar-refractivity contribution in [3.8, 4) is 17.0 Å². The molecule has 0 N–H and O–H groups in total. The van der Waals surface area contributed by atoms with Crippen molar-refractivity contribution in [2.24, 2.45) is 5.92 Å². The van der Waals surface area contributed by atoms with Crippen LogP contribution < -0.4 is 9.64 Å². The van der Waals surface area contributed by atoms with Crippen molar-refractivity contribution in [3.63, 3.8) is 0 Å². The summed E-state index contributed by atoms with van der Waals surface area (Å²) in [6.07, 6.45) is 2.25. The lowest BCUT2D eigenvalue weighted by atomic mass is 9.67. The van der Waals surface area contributed by atoms with Crippen molar-refractivity contribution in [1.29, 1.82) is 0 Å². The van der Waals surface area contributed by atoms with Gasteiger partial charge in [-0.25, -0.2) is 4.98 Å². The topological polar surface area (TPSA) is 42.4 Å². The minimum atomic E-state index is -0.00295. The average molecular weight is 412 g/mol. The Morgan fingerprint density at radius 2 is 1.84 bits per heavy atom. The number of aromatic nitrogens is 1. The molecule has 2 atom stereocenters. The number of ether oxygens (including phenoxy) is 1. The number of rotatable bonds is 5. The molecule has 1 aliphatic heterocycles. The number of pyridine rings is 1. The number of benzene rings is 2. The van der Waals surface area contributed by atoms with Crippen molar-refractivity contribution < 1.29 is 9.53 Å². The van der Waals surface area contributed by atoms with Crippen LogP contribution in [0.25, 0.3) is 11.1 Å². The fourth-order valence-electron chi connectivity index (χ4n) is 4.71. The van der Waals surface area contributed by atoms with Gasteiger partial charge in [0.15, 0.2) is 6.61 Å². The Balaban J connectivity index is 1.62. The summed E-state index contributed by atoms with van der Waals surface area (Å²) in [4.78, 5) is 19.5. The first kappa shape index (κ1) is 19.8. The molecule has 0 bridgehead atoms. The Labute approximate surface area is 183 Å². The minimum Gasteiger partial charge on any atom is -0.466 e. The first-order valence-electron chi connectivity index (χ1n) is 11.1. The quantitative estimate of drug-likeness (QED) is 0.549. The lowest BCUT2D eigenvalue weighted by Crippen LogP contribution is -2.41. The van der Waals surface area contributed by atoms with Crippen LogP contribution in [-0.4, -0.2) is 24.0 Å². The Kier molecular flexibility index (Phi) is 5.23. The van der Waals surface area contributed by atoms with Crippen LogP contribution in [0.2, 0.25) is 0 Å². The Morgan fingerprint density at radius 1 is 1.10 bits per heavy atom. The third-order valence-electron chi connectivity index (χ3n) is 6.35. The van der Waals surface area contributed by atoms with Crippen molar-refractivity contribution >= 4 is 11.6 Å². The number of hydrogen-bond donors (Lipinski definition) is 0. The molecule has 1 saturated carbocycles. The maximum Gasteiger partial charge on any atom is 0.265 e. The van der Waals surface area contributed by atoms with E-state index in [0.29, 0.717) is 30.2 Å². The fraction of sp³-hybridized carbons (Fsp3) is 0.333.